The molecule has 0 aliphatic heterocycles. The number of carbonyl (C=O) groups excluding carboxylic acids is 1. The molecule has 0 heterocycles. The molecule has 0 N–H and O–H groups in total. The Morgan fingerprint density at radius 1 is 0.880 bits per heavy atom. The fourth-order valence-electron chi connectivity index (χ4n) is 2.38. The summed E-state index contributed by atoms with van der Waals surface area (Å²) in [6.45, 7) is 9.88. The highest BCUT2D eigenvalue weighted by Gasteiger charge is 2.38. The summed E-state index contributed by atoms with van der Waals surface area (Å²) in [5.74, 6) is -0.174. The molecule has 2 rings (SSSR count). The minimum absolute atomic E-state index is 0. The summed E-state index contributed by atoms with van der Waals surface area (Å²) in [4.78, 5) is 12.7. The molecular formula is C23H34O2. The van der Waals surface area contributed by atoms with Crippen LogP contribution in [0.5, 0.6) is 0 Å². The fourth-order valence-corrected chi connectivity index (χ4v) is 2.38. The van der Waals surface area contributed by atoms with E-state index in [1.54, 1.807) is 0 Å². The zero-order valence-corrected chi connectivity index (χ0v) is 14.7. The van der Waals surface area contributed by atoms with Crippen molar-refractivity contribution < 1.29 is 9.53 Å². The first-order valence-electron chi connectivity index (χ1n) is 8.16. The van der Waals surface area contributed by atoms with Gasteiger partial charge in [-0.25, -0.2) is 0 Å². The topological polar surface area (TPSA) is 26.3 Å². The van der Waals surface area contributed by atoms with E-state index in [1.807, 2.05) is 70.2 Å². The second-order valence-corrected chi connectivity index (χ2v) is 6.89. The minimum atomic E-state index is -0.793. The van der Waals surface area contributed by atoms with E-state index in [4.69, 9.17) is 4.74 Å². The lowest BCUT2D eigenvalue weighted by molar-refractivity contribution is -0.166. The molecule has 0 spiro atoms. The van der Waals surface area contributed by atoms with E-state index < -0.39 is 11.0 Å². The number of esters is 1. The Bertz CT molecular complexity index is 656. The average molecular weight is 343 g/mol. The quantitative estimate of drug-likeness (QED) is 0.579. The maximum atomic E-state index is 12.7. The molecule has 0 aliphatic carbocycles. The highest BCUT2D eigenvalue weighted by atomic mass is 16.6. The molecule has 2 nitrogen and oxygen atoms in total. The first-order chi connectivity index (χ1) is 10.8. The molecule has 0 aromatic heterocycles. The Labute approximate surface area is 154 Å². The van der Waals surface area contributed by atoms with Crippen molar-refractivity contribution >= 4 is 5.97 Å². The second-order valence-electron chi connectivity index (χ2n) is 6.89. The van der Waals surface area contributed by atoms with Crippen LogP contribution in [-0.2, 0) is 15.1 Å². The molecule has 0 saturated heterocycles. The molecule has 0 aliphatic rings. The highest BCUT2D eigenvalue weighted by molar-refractivity contribution is 5.76. The van der Waals surface area contributed by atoms with E-state index in [2.05, 4.69) is 19.1 Å². The van der Waals surface area contributed by atoms with Crippen molar-refractivity contribution in [2.24, 2.45) is 5.41 Å². The van der Waals surface area contributed by atoms with Gasteiger partial charge >= 0.3 is 5.97 Å². The normalized spacial score (nSPS) is 13.0. The third-order valence-corrected chi connectivity index (χ3v) is 4.66. The van der Waals surface area contributed by atoms with Crippen LogP contribution >= 0.6 is 0 Å². The number of hydrogen-bond donors (Lipinski definition) is 0. The van der Waals surface area contributed by atoms with Crippen molar-refractivity contribution in [2.75, 3.05) is 0 Å². The third-order valence-electron chi connectivity index (χ3n) is 4.66. The Morgan fingerprint density at radius 2 is 1.36 bits per heavy atom. The lowest BCUT2D eigenvalue weighted by Crippen LogP contribution is -2.36. The zero-order chi connectivity index (χ0) is 17.1. The predicted molar refractivity (Wildman–Crippen MR) is 108 cm³/mol. The van der Waals surface area contributed by atoms with Crippen LogP contribution in [0.25, 0.3) is 0 Å². The summed E-state index contributed by atoms with van der Waals surface area (Å²) in [6, 6.07) is 18.1. The van der Waals surface area contributed by atoms with Crippen LogP contribution in [0.3, 0.4) is 0 Å². The minimum Gasteiger partial charge on any atom is -0.449 e. The first kappa shape index (κ1) is 22.9. The summed E-state index contributed by atoms with van der Waals surface area (Å²) in [7, 11) is 0. The smallest absolute Gasteiger partial charge is 0.312 e. The van der Waals surface area contributed by atoms with Gasteiger partial charge in [-0.15, -0.1) is 0 Å². The summed E-state index contributed by atoms with van der Waals surface area (Å²) in [6.07, 6.45) is 0.741. The van der Waals surface area contributed by atoms with Crippen LogP contribution < -0.4 is 0 Å². The number of ether oxygens (including phenoxy) is 1. The van der Waals surface area contributed by atoms with Gasteiger partial charge in [-0.2, -0.15) is 0 Å². The van der Waals surface area contributed by atoms with Gasteiger partial charge < -0.3 is 4.74 Å². The van der Waals surface area contributed by atoms with Gasteiger partial charge in [0, 0.05) is 0 Å². The van der Waals surface area contributed by atoms with Crippen LogP contribution in [0.1, 0.15) is 65.7 Å². The average Bonchev–Trinajstić information content (AvgIpc) is 2.56. The maximum absolute atomic E-state index is 12.7. The second kappa shape index (κ2) is 8.84. The Kier molecular flexibility index (Phi) is 8.11. The molecule has 138 valence electrons. The molecule has 0 radical (unpaired) electrons. The Hall–Kier alpha value is -2.09. The van der Waals surface area contributed by atoms with E-state index in [0.29, 0.717) is 0 Å². The standard InChI is InChI=1S/C21H26O2.2CH4/c1-6-20(3,4)19(22)23-21(5,17-10-8-7-9-11-17)18-14-12-16(2)13-15-18;;/h7-15H,6H2,1-5H3;2*1H4. The molecule has 25 heavy (non-hydrogen) atoms. The van der Waals surface area contributed by atoms with Gasteiger partial charge in [0.2, 0.25) is 0 Å². The molecule has 2 aromatic carbocycles. The molecule has 0 amide bonds. The van der Waals surface area contributed by atoms with Crippen LogP contribution in [0, 0.1) is 12.3 Å². The van der Waals surface area contributed by atoms with E-state index in [9.17, 15) is 4.79 Å². The lowest BCUT2D eigenvalue weighted by atomic mass is 9.85. The Morgan fingerprint density at radius 3 is 1.84 bits per heavy atom. The van der Waals surface area contributed by atoms with Crippen molar-refractivity contribution in [3.05, 3.63) is 71.3 Å². The van der Waals surface area contributed by atoms with E-state index in [0.717, 1.165) is 17.5 Å². The van der Waals surface area contributed by atoms with Gasteiger partial charge in [-0.3, -0.25) is 4.79 Å². The van der Waals surface area contributed by atoms with Crippen LogP contribution in [-0.4, -0.2) is 5.97 Å². The lowest BCUT2D eigenvalue weighted by Gasteiger charge is -2.34. The molecule has 2 heteroatoms. The number of aryl methyl sites for hydroxylation is 1. The van der Waals surface area contributed by atoms with Crippen LogP contribution in [0.15, 0.2) is 54.6 Å². The fraction of sp³-hybridized carbons (Fsp3) is 0.435. The monoisotopic (exact) mass is 342 g/mol. The van der Waals surface area contributed by atoms with E-state index in [-0.39, 0.29) is 20.8 Å². The van der Waals surface area contributed by atoms with Gasteiger partial charge in [0.25, 0.3) is 0 Å². The van der Waals surface area contributed by atoms with Crippen LogP contribution in [0.4, 0.5) is 0 Å². The Balaban J connectivity index is 0.00000288. The molecule has 1 unspecified atom stereocenters. The highest BCUT2D eigenvalue weighted by Crippen LogP contribution is 2.36. The van der Waals surface area contributed by atoms with E-state index >= 15 is 0 Å². The molecular weight excluding hydrogens is 308 g/mol. The molecule has 0 fully saturated rings. The molecule has 0 saturated carbocycles. The van der Waals surface area contributed by atoms with Gasteiger partial charge in [-0.1, -0.05) is 81.9 Å². The summed E-state index contributed by atoms with van der Waals surface area (Å²) in [5.41, 5.74) is 1.85. The van der Waals surface area contributed by atoms with Gasteiger partial charge in [0.1, 0.15) is 0 Å². The number of carbonyl (C=O) groups is 1. The first-order valence-corrected chi connectivity index (χ1v) is 8.16. The molecule has 1 atom stereocenters. The summed E-state index contributed by atoms with van der Waals surface area (Å²) in [5, 5.41) is 0. The van der Waals surface area contributed by atoms with Crippen molar-refractivity contribution in [1.29, 1.82) is 0 Å². The van der Waals surface area contributed by atoms with Crippen molar-refractivity contribution in [3.8, 4) is 0 Å². The van der Waals surface area contributed by atoms with Crippen LogP contribution in [0.2, 0.25) is 0 Å². The van der Waals surface area contributed by atoms with E-state index in [1.165, 1.54) is 5.56 Å². The third kappa shape index (κ3) is 4.94. The summed E-state index contributed by atoms with van der Waals surface area (Å²) < 4.78 is 6.07. The van der Waals surface area contributed by atoms with Gasteiger partial charge in [0.05, 0.1) is 5.41 Å². The maximum Gasteiger partial charge on any atom is 0.312 e. The largest absolute Gasteiger partial charge is 0.449 e. The SMILES string of the molecule is C.C.CCC(C)(C)C(=O)OC(C)(c1ccccc1)c1ccc(C)cc1. The van der Waals surface area contributed by atoms with Gasteiger partial charge in [0.15, 0.2) is 5.60 Å². The van der Waals surface area contributed by atoms with Crippen molar-refractivity contribution in [3.63, 3.8) is 0 Å². The number of hydrogen-bond acceptors (Lipinski definition) is 2. The molecule has 0 bridgehead atoms. The number of benzene rings is 2. The summed E-state index contributed by atoms with van der Waals surface area (Å²) >= 11 is 0. The number of rotatable bonds is 5. The molecule has 2 aromatic rings. The van der Waals surface area contributed by atoms with Gasteiger partial charge in [-0.05, 0) is 45.2 Å². The van der Waals surface area contributed by atoms with Crippen molar-refractivity contribution in [2.45, 2.75) is 61.5 Å². The predicted octanol–water partition coefficient (Wildman–Crippen LogP) is 6.51. The van der Waals surface area contributed by atoms with Crippen molar-refractivity contribution in [1.82, 2.24) is 0 Å². The zero-order valence-electron chi connectivity index (χ0n) is 14.7.